The summed E-state index contributed by atoms with van der Waals surface area (Å²) in [6, 6.07) is 1.85. The Balaban J connectivity index is 2.46. The van der Waals surface area contributed by atoms with Crippen molar-refractivity contribution in [3.63, 3.8) is 0 Å². The van der Waals surface area contributed by atoms with Gasteiger partial charge in [-0.3, -0.25) is 9.69 Å². The van der Waals surface area contributed by atoms with Crippen LogP contribution in [0.2, 0.25) is 0 Å². The molecule has 1 N–H and O–H groups in total. The molecule has 0 atom stereocenters. The number of hydrogen-bond acceptors (Lipinski definition) is 3. The molecule has 0 aliphatic carbocycles. The van der Waals surface area contributed by atoms with Gasteiger partial charge in [-0.2, -0.15) is 0 Å². The third-order valence-corrected chi connectivity index (χ3v) is 1.88. The van der Waals surface area contributed by atoms with Crippen LogP contribution in [0, 0.1) is 0 Å². The fourth-order valence-corrected chi connectivity index (χ4v) is 1.36. The van der Waals surface area contributed by atoms with Crippen LogP contribution in [0.25, 0.3) is 0 Å². The molecule has 0 bridgehead atoms. The van der Waals surface area contributed by atoms with Crippen LogP contribution in [0.4, 0.5) is 0 Å². The second-order valence-corrected chi connectivity index (χ2v) is 3.24. The number of carbonyl (C=O) groups is 1. The van der Waals surface area contributed by atoms with E-state index in [0.29, 0.717) is 6.54 Å². The summed E-state index contributed by atoms with van der Waals surface area (Å²) in [5.74, 6) is -0.790. The predicted octanol–water partition coefficient (Wildman–Crippen LogP) is 1.58. The molecule has 0 radical (unpaired) electrons. The van der Waals surface area contributed by atoms with Gasteiger partial charge in [0.05, 0.1) is 19.1 Å². The average Bonchev–Trinajstić information content (AvgIpc) is 2.56. The van der Waals surface area contributed by atoms with Gasteiger partial charge in [0.2, 0.25) is 0 Å². The van der Waals surface area contributed by atoms with Gasteiger partial charge < -0.3 is 9.52 Å². The fourth-order valence-electron chi connectivity index (χ4n) is 1.36. The number of hydrogen-bond donors (Lipinski definition) is 1. The summed E-state index contributed by atoms with van der Waals surface area (Å²) in [6.07, 6.45) is 4.19. The third-order valence-electron chi connectivity index (χ3n) is 1.88. The summed E-state index contributed by atoms with van der Waals surface area (Å²) >= 11 is 0. The van der Waals surface area contributed by atoms with Gasteiger partial charge in [0, 0.05) is 12.1 Å². The molecule has 0 unspecified atom stereocenters. The van der Waals surface area contributed by atoms with Gasteiger partial charge in [-0.1, -0.05) is 6.92 Å². The highest BCUT2D eigenvalue weighted by Crippen LogP contribution is 2.05. The quantitative estimate of drug-likeness (QED) is 0.752. The van der Waals surface area contributed by atoms with Gasteiger partial charge in [-0.25, -0.2) is 0 Å². The predicted molar refractivity (Wildman–Crippen MR) is 51.9 cm³/mol. The van der Waals surface area contributed by atoms with E-state index in [1.807, 2.05) is 17.9 Å². The Hall–Kier alpha value is -1.29. The van der Waals surface area contributed by atoms with E-state index in [2.05, 4.69) is 0 Å². The Kier molecular flexibility index (Phi) is 4.19. The van der Waals surface area contributed by atoms with E-state index >= 15 is 0 Å². The molecular weight excluding hydrogens is 182 g/mol. The molecule has 1 rings (SSSR count). The summed E-state index contributed by atoms with van der Waals surface area (Å²) in [5.41, 5.74) is 1.01. The topological polar surface area (TPSA) is 53.7 Å². The van der Waals surface area contributed by atoms with Crippen LogP contribution < -0.4 is 0 Å². The van der Waals surface area contributed by atoms with Crippen LogP contribution in [0.5, 0.6) is 0 Å². The highest BCUT2D eigenvalue weighted by atomic mass is 16.4. The maximum absolute atomic E-state index is 10.5. The Morgan fingerprint density at radius 2 is 2.43 bits per heavy atom. The molecule has 4 nitrogen and oxygen atoms in total. The van der Waals surface area contributed by atoms with Gasteiger partial charge in [-0.15, -0.1) is 0 Å². The molecule has 0 spiro atoms. The summed E-state index contributed by atoms with van der Waals surface area (Å²) in [4.78, 5) is 12.4. The lowest BCUT2D eigenvalue weighted by Crippen LogP contribution is -2.29. The van der Waals surface area contributed by atoms with E-state index in [-0.39, 0.29) is 6.54 Å². The first-order valence-electron chi connectivity index (χ1n) is 4.67. The first-order valence-corrected chi connectivity index (χ1v) is 4.67. The van der Waals surface area contributed by atoms with E-state index in [0.717, 1.165) is 18.5 Å². The third kappa shape index (κ3) is 3.62. The van der Waals surface area contributed by atoms with Crippen molar-refractivity contribution in [3.05, 3.63) is 24.2 Å². The smallest absolute Gasteiger partial charge is 0.317 e. The van der Waals surface area contributed by atoms with Crippen LogP contribution >= 0.6 is 0 Å². The van der Waals surface area contributed by atoms with E-state index < -0.39 is 5.97 Å². The van der Waals surface area contributed by atoms with Crippen molar-refractivity contribution >= 4 is 5.97 Å². The number of carboxylic acids is 1. The second-order valence-electron chi connectivity index (χ2n) is 3.24. The van der Waals surface area contributed by atoms with Crippen molar-refractivity contribution in [2.45, 2.75) is 19.9 Å². The molecule has 1 aromatic rings. The molecule has 4 heteroatoms. The summed E-state index contributed by atoms with van der Waals surface area (Å²) in [5, 5.41) is 8.67. The number of nitrogens with zero attached hydrogens (tertiary/aromatic N) is 1. The monoisotopic (exact) mass is 197 g/mol. The minimum atomic E-state index is -0.790. The van der Waals surface area contributed by atoms with Crippen molar-refractivity contribution < 1.29 is 14.3 Å². The van der Waals surface area contributed by atoms with Crippen molar-refractivity contribution in [1.82, 2.24) is 4.90 Å². The Morgan fingerprint density at radius 1 is 1.64 bits per heavy atom. The minimum absolute atomic E-state index is 0.0824. The van der Waals surface area contributed by atoms with Crippen LogP contribution in [-0.4, -0.2) is 29.1 Å². The zero-order chi connectivity index (χ0) is 10.4. The van der Waals surface area contributed by atoms with Crippen LogP contribution in [-0.2, 0) is 11.3 Å². The van der Waals surface area contributed by atoms with E-state index in [1.165, 1.54) is 0 Å². The van der Waals surface area contributed by atoms with E-state index in [4.69, 9.17) is 9.52 Å². The zero-order valence-corrected chi connectivity index (χ0v) is 8.27. The summed E-state index contributed by atoms with van der Waals surface area (Å²) in [7, 11) is 0. The van der Waals surface area contributed by atoms with Crippen molar-refractivity contribution in [2.24, 2.45) is 0 Å². The Labute approximate surface area is 83.1 Å². The standard InChI is InChI=1S/C10H15NO3/c1-2-4-11(7-10(12)13)6-9-3-5-14-8-9/h3,5,8H,2,4,6-7H2,1H3,(H,12,13). The molecule has 0 aliphatic heterocycles. The Bertz CT molecular complexity index is 269. The van der Waals surface area contributed by atoms with Gasteiger partial charge in [0.25, 0.3) is 0 Å². The van der Waals surface area contributed by atoms with Gasteiger partial charge in [-0.05, 0) is 19.0 Å². The number of aliphatic carboxylic acids is 1. The maximum atomic E-state index is 10.5. The maximum Gasteiger partial charge on any atom is 0.317 e. The molecule has 1 aromatic heterocycles. The molecule has 0 aliphatic rings. The summed E-state index contributed by atoms with van der Waals surface area (Å²) in [6.45, 7) is 3.54. The lowest BCUT2D eigenvalue weighted by atomic mass is 10.3. The van der Waals surface area contributed by atoms with Crippen LogP contribution in [0.15, 0.2) is 23.0 Å². The summed E-state index contributed by atoms with van der Waals surface area (Å²) < 4.78 is 4.92. The molecule has 0 aromatic carbocycles. The molecule has 1 heterocycles. The first-order chi connectivity index (χ1) is 6.72. The number of rotatable bonds is 6. The van der Waals surface area contributed by atoms with Gasteiger partial charge in [0.1, 0.15) is 0 Å². The number of carboxylic acid groups (broad SMARTS) is 1. The van der Waals surface area contributed by atoms with Crippen LogP contribution in [0.3, 0.4) is 0 Å². The van der Waals surface area contributed by atoms with Crippen molar-refractivity contribution in [2.75, 3.05) is 13.1 Å². The molecule has 0 saturated heterocycles. The zero-order valence-electron chi connectivity index (χ0n) is 8.27. The molecule has 78 valence electrons. The largest absolute Gasteiger partial charge is 0.480 e. The highest BCUT2D eigenvalue weighted by molar-refractivity contribution is 5.69. The van der Waals surface area contributed by atoms with E-state index in [9.17, 15) is 4.79 Å². The normalized spacial score (nSPS) is 10.7. The second kappa shape index (κ2) is 5.44. The van der Waals surface area contributed by atoms with Gasteiger partial charge >= 0.3 is 5.97 Å². The molecule has 0 amide bonds. The van der Waals surface area contributed by atoms with E-state index in [1.54, 1.807) is 12.5 Å². The molecule has 14 heavy (non-hydrogen) atoms. The minimum Gasteiger partial charge on any atom is -0.480 e. The SMILES string of the molecule is CCCN(CC(=O)O)Cc1ccoc1. The lowest BCUT2D eigenvalue weighted by Gasteiger charge is -2.17. The highest BCUT2D eigenvalue weighted by Gasteiger charge is 2.09. The number of furan rings is 1. The van der Waals surface area contributed by atoms with Crippen molar-refractivity contribution in [1.29, 1.82) is 0 Å². The van der Waals surface area contributed by atoms with Crippen LogP contribution in [0.1, 0.15) is 18.9 Å². The fraction of sp³-hybridized carbons (Fsp3) is 0.500. The van der Waals surface area contributed by atoms with Gasteiger partial charge in [0.15, 0.2) is 0 Å². The molecule has 0 saturated carbocycles. The van der Waals surface area contributed by atoms with Crippen molar-refractivity contribution in [3.8, 4) is 0 Å². The first kappa shape index (κ1) is 10.8. The lowest BCUT2D eigenvalue weighted by molar-refractivity contribution is -0.138. The molecular formula is C10H15NO3. The molecule has 0 fully saturated rings. The Morgan fingerprint density at radius 3 is 2.93 bits per heavy atom. The average molecular weight is 197 g/mol.